The van der Waals surface area contributed by atoms with Gasteiger partial charge in [-0.3, -0.25) is 0 Å². The highest BCUT2D eigenvalue weighted by Gasteiger charge is 2.37. The van der Waals surface area contributed by atoms with Crippen LogP contribution in [0.15, 0.2) is 53.1 Å². The van der Waals surface area contributed by atoms with E-state index in [9.17, 15) is 0 Å². The summed E-state index contributed by atoms with van der Waals surface area (Å²) in [6.45, 7) is 1.01. The minimum absolute atomic E-state index is 0.731. The molecule has 2 aromatic rings. The molecule has 1 aromatic heterocycles. The van der Waals surface area contributed by atoms with Gasteiger partial charge in [0.15, 0.2) is 0 Å². The molecule has 1 saturated carbocycles. The standard InChI is InChI=1S/C15H15BrN2/c16-13-6-7-15(18-10-13)17-9-12-8-14(12)11-4-2-1-3-5-11/h1-7,10,12,14H,8-9H2,(H,17,18). The molecule has 92 valence electrons. The van der Waals surface area contributed by atoms with Crippen LogP contribution in [0.4, 0.5) is 5.82 Å². The van der Waals surface area contributed by atoms with Gasteiger partial charge in [-0.2, -0.15) is 0 Å². The number of benzene rings is 1. The summed E-state index contributed by atoms with van der Waals surface area (Å²) in [6.07, 6.45) is 3.11. The molecule has 1 aromatic carbocycles. The van der Waals surface area contributed by atoms with Crippen molar-refractivity contribution >= 4 is 21.7 Å². The topological polar surface area (TPSA) is 24.9 Å². The summed E-state index contributed by atoms with van der Waals surface area (Å²) in [7, 11) is 0. The monoisotopic (exact) mass is 302 g/mol. The zero-order valence-corrected chi connectivity index (χ0v) is 11.6. The van der Waals surface area contributed by atoms with Gasteiger partial charge < -0.3 is 5.32 Å². The fourth-order valence-corrected chi connectivity index (χ4v) is 2.53. The Morgan fingerprint density at radius 3 is 2.72 bits per heavy atom. The van der Waals surface area contributed by atoms with Crippen molar-refractivity contribution in [1.29, 1.82) is 0 Å². The van der Waals surface area contributed by atoms with Gasteiger partial charge in [0.2, 0.25) is 0 Å². The number of rotatable bonds is 4. The van der Waals surface area contributed by atoms with E-state index < -0.39 is 0 Å². The first-order chi connectivity index (χ1) is 8.83. The van der Waals surface area contributed by atoms with Gasteiger partial charge in [-0.15, -0.1) is 0 Å². The Morgan fingerprint density at radius 1 is 1.17 bits per heavy atom. The van der Waals surface area contributed by atoms with Crippen molar-refractivity contribution in [2.45, 2.75) is 12.3 Å². The molecule has 0 saturated heterocycles. The van der Waals surface area contributed by atoms with E-state index in [1.54, 1.807) is 0 Å². The third kappa shape index (κ3) is 2.72. The van der Waals surface area contributed by atoms with Crippen molar-refractivity contribution in [3.8, 4) is 0 Å². The summed E-state index contributed by atoms with van der Waals surface area (Å²) < 4.78 is 1.02. The molecule has 0 amide bonds. The van der Waals surface area contributed by atoms with E-state index >= 15 is 0 Å². The van der Waals surface area contributed by atoms with Crippen LogP contribution in [0.25, 0.3) is 0 Å². The number of nitrogens with zero attached hydrogens (tertiary/aromatic N) is 1. The number of anilines is 1. The lowest BCUT2D eigenvalue weighted by molar-refractivity contribution is 0.840. The van der Waals surface area contributed by atoms with Crippen LogP contribution in [-0.4, -0.2) is 11.5 Å². The Hall–Kier alpha value is -1.35. The predicted octanol–water partition coefficient (Wildman–Crippen LogP) is 4.06. The number of nitrogens with one attached hydrogen (secondary N) is 1. The highest BCUT2D eigenvalue weighted by atomic mass is 79.9. The molecule has 1 aliphatic rings. The second-order valence-corrected chi connectivity index (χ2v) is 5.67. The quantitative estimate of drug-likeness (QED) is 0.921. The van der Waals surface area contributed by atoms with Crippen LogP contribution >= 0.6 is 15.9 Å². The molecule has 3 heteroatoms. The first kappa shape index (κ1) is 11.7. The Kier molecular flexibility index (Phi) is 3.33. The van der Waals surface area contributed by atoms with Gasteiger partial charge >= 0.3 is 0 Å². The van der Waals surface area contributed by atoms with Crippen molar-refractivity contribution in [3.05, 3.63) is 58.7 Å². The molecule has 3 rings (SSSR count). The van der Waals surface area contributed by atoms with E-state index in [4.69, 9.17) is 0 Å². The molecule has 2 unspecified atom stereocenters. The fourth-order valence-electron chi connectivity index (χ4n) is 2.30. The van der Waals surface area contributed by atoms with E-state index in [1.807, 2.05) is 18.3 Å². The molecule has 1 aliphatic carbocycles. The molecule has 1 heterocycles. The molecule has 0 spiro atoms. The van der Waals surface area contributed by atoms with E-state index in [2.05, 4.69) is 56.6 Å². The second-order valence-electron chi connectivity index (χ2n) is 4.76. The van der Waals surface area contributed by atoms with Gasteiger partial charge in [-0.1, -0.05) is 30.3 Å². The molecule has 0 bridgehead atoms. The normalized spacial score (nSPS) is 21.6. The average molecular weight is 303 g/mol. The number of aromatic nitrogens is 1. The van der Waals surface area contributed by atoms with E-state index in [0.717, 1.165) is 28.7 Å². The van der Waals surface area contributed by atoms with Gasteiger partial charge in [0.05, 0.1) is 0 Å². The van der Waals surface area contributed by atoms with Gasteiger partial charge in [0, 0.05) is 17.2 Å². The van der Waals surface area contributed by atoms with E-state index in [0.29, 0.717) is 0 Å². The maximum atomic E-state index is 4.32. The van der Waals surface area contributed by atoms with Crippen molar-refractivity contribution in [1.82, 2.24) is 4.98 Å². The maximum Gasteiger partial charge on any atom is 0.125 e. The van der Waals surface area contributed by atoms with Crippen LogP contribution in [0.1, 0.15) is 17.9 Å². The molecular formula is C15H15BrN2. The highest BCUT2D eigenvalue weighted by molar-refractivity contribution is 9.10. The molecule has 0 aliphatic heterocycles. The van der Waals surface area contributed by atoms with E-state index in [-0.39, 0.29) is 0 Å². The summed E-state index contributed by atoms with van der Waals surface area (Å²) in [5.74, 6) is 2.43. The zero-order valence-electron chi connectivity index (χ0n) is 10.0. The van der Waals surface area contributed by atoms with Crippen LogP contribution in [-0.2, 0) is 0 Å². The van der Waals surface area contributed by atoms with Crippen molar-refractivity contribution in [3.63, 3.8) is 0 Å². The summed E-state index contributed by atoms with van der Waals surface area (Å²) in [5, 5.41) is 3.40. The largest absolute Gasteiger partial charge is 0.370 e. The lowest BCUT2D eigenvalue weighted by Crippen LogP contribution is -2.05. The Labute approximate surface area is 116 Å². The molecule has 1 fully saturated rings. The molecule has 2 atom stereocenters. The molecule has 2 nitrogen and oxygen atoms in total. The lowest BCUT2D eigenvalue weighted by atomic mass is 10.1. The maximum absolute atomic E-state index is 4.32. The summed E-state index contributed by atoms with van der Waals surface area (Å²) in [5.41, 5.74) is 1.47. The van der Waals surface area contributed by atoms with Gasteiger partial charge in [-0.25, -0.2) is 4.98 Å². The number of hydrogen-bond acceptors (Lipinski definition) is 2. The average Bonchev–Trinajstić information content (AvgIpc) is 3.19. The summed E-state index contributed by atoms with van der Waals surface area (Å²) >= 11 is 3.39. The summed E-state index contributed by atoms with van der Waals surface area (Å²) in [6, 6.07) is 14.8. The smallest absolute Gasteiger partial charge is 0.125 e. The Bertz CT molecular complexity index is 510. The Balaban J connectivity index is 1.53. The first-order valence-electron chi connectivity index (χ1n) is 6.23. The van der Waals surface area contributed by atoms with Crippen molar-refractivity contribution in [2.24, 2.45) is 5.92 Å². The molecule has 18 heavy (non-hydrogen) atoms. The van der Waals surface area contributed by atoms with Crippen LogP contribution in [0.2, 0.25) is 0 Å². The third-order valence-corrected chi connectivity index (χ3v) is 3.89. The van der Waals surface area contributed by atoms with Crippen molar-refractivity contribution in [2.75, 3.05) is 11.9 Å². The fraction of sp³-hybridized carbons (Fsp3) is 0.267. The van der Waals surface area contributed by atoms with Gasteiger partial charge in [-0.05, 0) is 51.9 Å². The van der Waals surface area contributed by atoms with Crippen LogP contribution in [0.3, 0.4) is 0 Å². The molecular weight excluding hydrogens is 288 g/mol. The lowest BCUT2D eigenvalue weighted by Gasteiger charge is -2.05. The molecule has 1 N–H and O–H groups in total. The number of pyridine rings is 1. The van der Waals surface area contributed by atoms with Gasteiger partial charge in [0.1, 0.15) is 5.82 Å². The van der Waals surface area contributed by atoms with Crippen LogP contribution < -0.4 is 5.32 Å². The van der Waals surface area contributed by atoms with Crippen molar-refractivity contribution < 1.29 is 0 Å². The Morgan fingerprint density at radius 2 is 2.00 bits per heavy atom. The SMILES string of the molecule is Brc1ccc(NCC2CC2c2ccccc2)nc1. The summed E-state index contributed by atoms with van der Waals surface area (Å²) in [4.78, 5) is 4.32. The molecule has 0 radical (unpaired) electrons. The van der Waals surface area contributed by atoms with Crippen LogP contribution in [0, 0.1) is 5.92 Å². The highest BCUT2D eigenvalue weighted by Crippen LogP contribution is 2.47. The minimum Gasteiger partial charge on any atom is -0.370 e. The second kappa shape index (κ2) is 5.11. The number of hydrogen-bond donors (Lipinski definition) is 1. The van der Waals surface area contributed by atoms with Gasteiger partial charge in [0.25, 0.3) is 0 Å². The minimum atomic E-state index is 0.731. The zero-order chi connectivity index (χ0) is 12.4. The first-order valence-corrected chi connectivity index (χ1v) is 7.02. The predicted molar refractivity (Wildman–Crippen MR) is 77.7 cm³/mol. The van der Waals surface area contributed by atoms with Crippen LogP contribution in [0.5, 0.6) is 0 Å². The number of halogens is 1. The third-order valence-electron chi connectivity index (χ3n) is 3.42. The van der Waals surface area contributed by atoms with E-state index in [1.165, 1.54) is 12.0 Å².